The molecule has 2 heterocycles. The fourth-order valence-electron chi connectivity index (χ4n) is 2.97. The van der Waals surface area contributed by atoms with E-state index < -0.39 is 0 Å². The molecule has 0 radical (unpaired) electrons. The first-order chi connectivity index (χ1) is 12.1. The van der Waals surface area contributed by atoms with Crippen LogP contribution in [0, 0.1) is 3.57 Å². The highest BCUT2D eigenvalue weighted by Crippen LogP contribution is 2.34. The molecule has 1 saturated heterocycles. The number of halogens is 2. The Balaban J connectivity index is 1.55. The van der Waals surface area contributed by atoms with Gasteiger partial charge in [0.25, 0.3) is 5.91 Å². The highest BCUT2D eigenvalue weighted by atomic mass is 127. The second-order valence-electron chi connectivity index (χ2n) is 5.96. The highest BCUT2D eigenvalue weighted by Gasteiger charge is 2.30. The van der Waals surface area contributed by atoms with Crippen LogP contribution in [0.1, 0.15) is 22.0 Å². The third-order valence-corrected chi connectivity index (χ3v) is 6.07. The SMILES string of the molecule is O=C(Nc1cc(I)cc(C2CN3CCSC3=N2)c1)c1ccc(Cl)cc1. The van der Waals surface area contributed by atoms with Gasteiger partial charge in [-0.05, 0) is 70.6 Å². The van der Waals surface area contributed by atoms with E-state index in [1.807, 2.05) is 23.9 Å². The number of fused-ring (bicyclic) bond motifs is 1. The van der Waals surface area contributed by atoms with Gasteiger partial charge in [-0.25, -0.2) is 0 Å². The number of aliphatic imine (C=N–C) groups is 1. The fourth-order valence-corrected chi connectivity index (χ4v) is 4.83. The minimum Gasteiger partial charge on any atom is -0.348 e. The van der Waals surface area contributed by atoms with E-state index in [-0.39, 0.29) is 11.9 Å². The Labute approximate surface area is 169 Å². The van der Waals surface area contributed by atoms with Crippen molar-refractivity contribution >= 4 is 62.7 Å². The Morgan fingerprint density at radius 2 is 2.08 bits per heavy atom. The molecule has 0 saturated carbocycles. The van der Waals surface area contributed by atoms with Crippen LogP contribution in [0.2, 0.25) is 5.02 Å². The van der Waals surface area contributed by atoms with Gasteiger partial charge < -0.3 is 10.2 Å². The minimum absolute atomic E-state index is 0.140. The van der Waals surface area contributed by atoms with E-state index in [1.165, 1.54) is 0 Å². The molecule has 1 fully saturated rings. The molecular weight excluding hydrogens is 469 g/mol. The van der Waals surface area contributed by atoms with E-state index in [0.717, 1.165) is 38.8 Å². The first-order valence-corrected chi connectivity index (χ1v) is 10.4. The van der Waals surface area contributed by atoms with Crippen LogP contribution in [-0.2, 0) is 0 Å². The number of nitrogens with one attached hydrogen (secondary N) is 1. The molecular formula is C18H15ClIN3OS. The molecule has 1 unspecified atom stereocenters. The Hall–Kier alpha value is -1.25. The molecule has 2 aromatic rings. The molecule has 0 spiro atoms. The number of carbonyl (C=O) groups excluding carboxylic acids is 1. The van der Waals surface area contributed by atoms with Crippen LogP contribution in [0.3, 0.4) is 0 Å². The fraction of sp³-hybridized carbons (Fsp3) is 0.222. The lowest BCUT2D eigenvalue weighted by atomic mass is 10.1. The van der Waals surface area contributed by atoms with Crippen molar-refractivity contribution in [1.82, 2.24) is 4.90 Å². The van der Waals surface area contributed by atoms with Gasteiger partial charge in [0, 0.05) is 38.7 Å². The highest BCUT2D eigenvalue weighted by molar-refractivity contribution is 14.1. The summed E-state index contributed by atoms with van der Waals surface area (Å²) < 4.78 is 1.08. The molecule has 4 rings (SSSR count). The van der Waals surface area contributed by atoms with E-state index in [2.05, 4.69) is 38.9 Å². The zero-order valence-corrected chi connectivity index (χ0v) is 16.9. The largest absolute Gasteiger partial charge is 0.348 e. The number of amides is 1. The Morgan fingerprint density at radius 1 is 1.28 bits per heavy atom. The van der Waals surface area contributed by atoms with Crippen molar-refractivity contribution in [3.8, 4) is 0 Å². The predicted molar refractivity (Wildman–Crippen MR) is 113 cm³/mol. The summed E-state index contributed by atoms with van der Waals surface area (Å²) in [5, 5.41) is 4.74. The maximum atomic E-state index is 12.4. The average molecular weight is 484 g/mol. The van der Waals surface area contributed by atoms with Crippen molar-refractivity contribution in [2.75, 3.05) is 24.2 Å². The van der Waals surface area contributed by atoms with Gasteiger partial charge in [-0.15, -0.1) is 0 Å². The number of thioether (sulfide) groups is 1. The van der Waals surface area contributed by atoms with Crippen molar-refractivity contribution in [3.63, 3.8) is 0 Å². The van der Waals surface area contributed by atoms with Crippen molar-refractivity contribution in [3.05, 3.63) is 62.2 Å². The Morgan fingerprint density at radius 3 is 2.84 bits per heavy atom. The number of anilines is 1. The van der Waals surface area contributed by atoms with Gasteiger partial charge in [0.2, 0.25) is 0 Å². The quantitative estimate of drug-likeness (QED) is 0.646. The summed E-state index contributed by atoms with van der Waals surface area (Å²) >= 11 is 9.98. The van der Waals surface area contributed by atoms with Gasteiger partial charge in [0.05, 0.1) is 6.04 Å². The van der Waals surface area contributed by atoms with Crippen molar-refractivity contribution < 1.29 is 4.79 Å². The van der Waals surface area contributed by atoms with E-state index >= 15 is 0 Å². The van der Waals surface area contributed by atoms with E-state index in [9.17, 15) is 4.79 Å². The summed E-state index contributed by atoms with van der Waals surface area (Å²) in [6.07, 6.45) is 0. The number of carbonyl (C=O) groups is 1. The monoisotopic (exact) mass is 483 g/mol. The van der Waals surface area contributed by atoms with Crippen LogP contribution in [0.4, 0.5) is 5.69 Å². The predicted octanol–water partition coefficient (Wildman–Crippen LogP) is 4.66. The third kappa shape index (κ3) is 3.80. The van der Waals surface area contributed by atoms with Crippen LogP contribution in [0.5, 0.6) is 0 Å². The molecule has 4 nitrogen and oxygen atoms in total. The van der Waals surface area contributed by atoms with Gasteiger partial charge in [0.1, 0.15) is 0 Å². The second-order valence-corrected chi connectivity index (χ2v) is 8.70. The van der Waals surface area contributed by atoms with Crippen LogP contribution >= 0.6 is 46.0 Å². The standard InChI is InChI=1S/C18H15ClIN3OS/c19-13-3-1-11(2-4-13)17(24)21-15-8-12(7-14(20)9-15)16-10-23-5-6-25-18(23)22-16/h1-4,7-9,16H,5-6,10H2,(H,21,24). The third-order valence-electron chi connectivity index (χ3n) is 4.19. The summed E-state index contributed by atoms with van der Waals surface area (Å²) in [6.45, 7) is 2.00. The minimum atomic E-state index is -0.140. The van der Waals surface area contributed by atoms with Gasteiger partial charge in [0.15, 0.2) is 5.17 Å². The van der Waals surface area contributed by atoms with Crippen LogP contribution < -0.4 is 5.32 Å². The summed E-state index contributed by atoms with van der Waals surface area (Å²) in [6, 6.07) is 13.2. The number of rotatable bonds is 3. The van der Waals surface area contributed by atoms with Crippen molar-refractivity contribution in [2.24, 2.45) is 4.99 Å². The summed E-state index contributed by atoms with van der Waals surface area (Å²) in [5.41, 5.74) is 2.52. The van der Waals surface area contributed by atoms with E-state index in [0.29, 0.717) is 10.6 Å². The summed E-state index contributed by atoms with van der Waals surface area (Å²) in [5.74, 6) is 0.985. The van der Waals surface area contributed by atoms with Gasteiger partial charge in [-0.1, -0.05) is 23.4 Å². The molecule has 1 N–H and O–H groups in total. The van der Waals surface area contributed by atoms with Crippen LogP contribution in [0.25, 0.3) is 0 Å². The van der Waals surface area contributed by atoms with Crippen molar-refractivity contribution in [2.45, 2.75) is 6.04 Å². The molecule has 1 amide bonds. The lowest BCUT2D eigenvalue weighted by molar-refractivity contribution is 0.102. The number of hydrogen-bond donors (Lipinski definition) is 1. The molecule has 0 aliphatic carbocycles. The van der Waals surface area contributed by atoms with Crippen molar-refractivity contribution in [1.29, 1.82) is 0 Å². The molecule has 128 valence electrons. The van der Waals surface area contributed by atoms with E-state index in [1.54, 1.807) is 24.3 Å². The molecule has 2 aliphatic rings. The smallest absolute Gasteiger partial charge is 0.255 e. The lowest BCUT2D eigenvalue weighted by Crippen LogP contribution is -2.22. The Kier molecular flexibility index (Phi) is 4.92. The molecule has 1 atom stereocenters. The maximum absolute atomic E-state index is 12.4. The molecule has 7 heteroatoms. The topological polar surface area (TPSA) is 44.7 Å². The molecule has 2 aromatic carbocycles. The molecule has 0 aromatic heterocycles. The first kappa shape index (κ1) is 17.2. The van der Waals surface area contributed by atoms with Crippen LogP contribution in [-0.4, -0.2) is 34.8 Å². The number of amidine groups is 1. The zero-order chi connectivity index (χ0) is 17.4. The lowest BCUT2D eigenvalue weighted by Gasteiger charge is -2.14. The zero-order valence-electron chi connectivity index (χ0n) is 13.2. The maximum Gasteiger partial charge on any atom is 0.255 e. The summed E-state index contributed by atoms with van der Waals surface area (Å²) in [7, 11) is 0. The van der Waals surface area contributed by atoms with Crippen LogP contribution in [0.15, 0.2) is 47.5 Å². The molecule has 2 aliphatic heterocycles. The molecule has 0 bridgehead atoms. The second kappa shape index (κ2) is 7.17. The number of benzene rings is 2. The van der Waals surface area contributed by atoms with Gasteiger partial charge in [-0.2, -0.15) is 0 Å². The Bertz CT molecular complexity index is 856. The number of nitrogens with zero attached hydrogens (tertiary/aromatic N) is 2. The normalized spacial score (nSPS) is 18.9. The van der Waals surface area contributed by atoms with Gasteiger partial charge in [-0.3, -0.25) is 9.79 Å². The first-order valence-electron chi connectivity index (χ1n) is 7.91. The average Bonchev–Trinajstić information content (AvgIpc) is 3.16. The molecule has 25 heavy (non-hydrogen) atoms. The number of hydrogen-bond acceptors (Lipinski definition) is 4. The van der Waals surface area contributed by atoms with Gasteiger partial charge >= 0.3 is 0 Å². The van der Waals surface area contributed by atoms with E-state index in [4.69, 9.17) is 16.6 Å². The summed E-state index contributed by atoms with van der Waals surface area (Å²) in [4.78, 5) is 19.6.